The molecule has 2 heterocycles. The average molecular weight is 197 g/mol. The molecule has 0 unspecified atom stereocenters. The minimum atomic E-state index is 0.696. The summed E-state index contributed by atoms with van der Waals surface area (Å²) in [6.45, 7) is 0. The molecule has 0 N–H and O–H groups in total. The standard InChI is InChI=1S/C8H7NOS2/c1-10-7-5-12-8(9-7)6-2-3-11-4-6/h2-5H,1H3. The van der Waals surface area contributed by atoms with E-state index in [9.17, 15) is 0 Å². The first-order valence-electron chi connectivity index (χ1n) is 3.42. The van der Waals surface area contributed by atoms with Crippen LogP contribution in [0, 0.1) is 0 Å². The molecule has 12 heavy (non-hydrogen) atoms. The summed E-state index contributed by atoms with van der Waals surface area (Å²) in [6.07, 6.45) is 0. The van der Waals surface area contributed by atoms with Gasteiger partial charge >= 0.3 is 0 Å². The van der Waals surface area contributed by atoms with E-state index in [0.29, 0.717) is 5.88 Å². The number of aromatic nitrogens is 1. The fraction of sp³-hybridized carbons (Fsp3) is 0.125. The van der Waals surface area contributed by atoms with Crippen LogP contribution in [0.15, 0.2) is 22.2 Å². The maximum atomic E-state index is 5.00. The highest BCUT2D eigenvalue weighted by molar-refractivity contribution is 7.14. The lowest BCUT2D eigenvalue weighted by Gasteiger charge is -1.89. The van der Waals surface area contributed by atoms with Crippen LogP contribution in [0.1, 0.15) is 0 Å². The molecule has 2 aromatic rings. The van der Waals surface area contributed by atoms with Crippen molar-refractivity contribution in [2.75, 3.05) is 7.11 Å². The van der Waals surface area contributed by atoms with Gasteiger partial charge < -0.3 is 4.74 Å². The molecular formula is C8H7NOS2. The SMILES string of the molecule is COc1csc(-c2ccsc2)n1. The van der Waals surface area contributed by atoms with E-state index in [1.807, 2.05) is 10.8 Å². The molecule has 0 fully saturated rings. The van der Waals surface area contributed by atoms with Crippen LogP contribution in [0.4, 0.5) is 0 Å². The summed E-state index contributed by atoms with van der Waals surface area (Å²) in [6, 6.07) is 2.06. The van der Waals surface area contributed by atoms with Crippen LogP contribution >= 0.6 is 22.7 Å². The van der Waals surface area contributed by atoms with E-state index >= 15 is 0 Å². The Balaban J connectivity index is 2.35. The minimum absolute atomic E-state index is 0.696. The van der Waals surface area contributed by atoms with Crippen molar-refractivity contribution in [3.8, 4) is 16.5 Å². The van der Waals surface area contributed by atoms with E-state index in [2.05, 4.69) is 16.4 Å². The van der Waals surface area contributed by atoms with Crippen molar-refractivity contribution in [3.05, 3.63) is 22.2 Å². The summed E-state index contributed by atoms with van der Waals surface area (Å²) in [5.74, 6) is 0.696. The van der Waals surface area contributed by atoms with Gasteiger partial charge in [0.05, 0.1) is 12.5 Å². The Hall–Kier alpha value is -0.870. The predicted octanol–water partition coefficient (Wildman–Crippen LogP) is 2.88. The Morgan fingerprint density at radius 3 is 2.92 bits per heavy atom. The zero-order chi connectivity index (χ0) is 8.39. The first-order chi connectivity index (χ1) is 5.90. The Kier molecular flexibility index (Phi) is 2.10. The first kappa shape index (κ1) is 7.76. The number of hydrogen-bond acceptors (Lipinski definition) is 4. The molecule has 0 aromatic carbocycles. The van der Waals surface area contributed by atoms with Gasteiger partial charge in [-0.15, -0.1) is 11.3 Å². The summed E-state index contributed by atoms with van der Waals surface area (Å²) in [7, 11) is 1.63. The number of hydrogen-bond donors (Lipinski definition) is 0. The van der Waals surface area contributed by atoms with Crippen molar-refractivity contribution in [2.45, 2.75) is 0 Å². The summed E-state index contributed by atoms with van der Waals surface area (Å²) in [5.41, 5.74) is 1.17. The van der Waals surface area contributed by atoms with E-state index in [0.717, 1.165) is 5.01 Å². The average Bonchev–Trinajstić information content (AvgIpc) is 2.75. The molecule has 4 heteroatoms. The van der Waals surface area contributed by atoms with E-state index < -0.39 is 0 Å². The molecule has 2 rings (SSSR count). The fourth-order valence-corrected chi connectivity index (χ4v) is 2.35. The summed E-state index contributed by atoms with van der Waals surface area (Å²) < 4.78 is 5.00. The van der Waals surface area contributed by atoms with E-state index in [-0.39, 0.29) is 0 Å². The second-order valence-electron chi connectivity index (χ2n) is 2.21. The zero-order valence-electron chi connectivity index (χ0n) is 6.48. The molecule has 0 aliphatic carbocycles. The van der Waals surface area contributed by atoms with Gasteiger partial charge in [-0.25, -0.2) is 4.98 Å². The number of thiophene rings is 1. The molecule has 2 nitrogen and oxygen atoms in total. The molecule has 0 aliphatic heterocycles. The van der Waals surface area contributed by atoms with Crippen LogP contribution in [0.2, 0.25) is 0 Å². The number of ether oxygens (including phenoxy) is 1. The van der Waals surface area contributed by atoms with Gasteiger partial charge in [-0.1, -0.05) is 0 Å². The van der Waals surface area contributed by atoms with Crippen LogP contribution < -0.4 is 4.74 Å². The van der Waals surface area contributed by atoms with E-state index in [1.54, 1.807) is 29.8 Å². The Labute approximate surface area is 78.5 Å². The quantitative estimate of drug-likeness (QED) is 0.738. The normalized spacial score (nSPS) is 10.1. The summed E-state index contributed by atoms with van der Waals surface area (Å²) in [4.78, 5) is 4.27. The van der Waals surface area contributed by atoms with Gasteiger partial charge in [0.15, 0.2) is 0 Å². The number of thiazole rings is 1. The molecule has 2 aromatic heterocycles. The van der Waals surface area contributed by atoms with Gasteiger partial charge in [-0.05, 0) is 11.4 Å². The van der Waals surface area contributed by atoms with E-state index in [4.69, 9.17) is 4.74 Å². The third-order valence-electron chi connectivity index (χ3n) is 1.46. The van der Waals surface area contributed by atoms with Gasteiger partial charge in [-0.2, -0.15) is 11.3 Å². The van der Waals surface area contributed by atoms with Crippen LogP contribution in [0.5, 0.6) is 5.88 Å². The van der Waals surface area contributed by atoms with Crippen LogP contribution in [0.3, 0.4) is 0 Å². The van der Waals surface area contributed by atoms with Crippen molar-refractivity contribution in [1.82, 2.24) is 4.98 Å². The van der Waals surface area contributed by atoms with Gasteiger partial charge in [0.1, 0.15) is 5.01 Å². The number of methoxy groups -OCH3 is 1. The Bertz CT molecular complexity index is 353. The molecule has 0 saturated heterocycles. The predicted molar refractivity (Wildman–Crippen MR) is 52.0 cm³/mol. The van der Waals surface area contributed by atoms with Crippen molar-refractivity contribution in [3.63, 3.8) is 0 Å². The van der Waals surface area contributed by atoms with Gasteiger partial charge in [-0.3, -0.25) is 0 Å². The molecule has 0 aliphatic rings. The van der Waals surface area contributed by atoms with Crippen molar-refractivity contribution in [2.24, 2.45) is 0 Å². The molecule has 0 bridgehead atoms. The highest BCUT2D eigenvalue weighted by Gasteiger charge is 2.03. The molecule has 62 valence electrons. The lowest BCUT2D eigenvalue weighted by Crippen LogP contribution is -1.80. The first-order valence-corrected chi connectivity index (χ1v) is 5.24. The summed E-state index contributed by atoms with van der Waals surface area (Å²) >= 11 is 3.28. The zero-order valence-corrected chi connectivity index (χ0v) is 8.11. The number of nitrogens with zero attached hydrogens (tertiary/aromatic N) is 1. The molecule has 0 saturated carbocycles. The largest absolute Gasteiger partial charge is 0.480 e. The Morgan fingerprint density at radius 1 is 1.42 bits per heavy atom. The van der Waals surface area contributed by atoms with Crippen molar-refractivity contribution >= 4 is 22.7 Å². The van der Waals surface area contributed by atoms with Crippen LogP contribution in [-0.2, 0) is 0 Å². The molecular weight excluding hydrogens is 190 g/mol. The monoisotopic (exact) mass is 197 g/mol. The third-order valence-corrected chi connectivity index (χ3v) is 3.01. The molecule has 0 atom stereocenters. The molecule has 0 spiro atoms. The lowest BCUT2D eigenvalue weighted by molar-refractivity contribution is 0.401. The molecule has 0 radical (unpaired) electrons. The third kappa shape index (κ3) is 1.35. The van der Waals surface area contributed by atoms with Gasteiger partial charge in [0.2, 0.25) is 5.88 Å². The van der Waals surface area contributed by atoms with Crippen LogP contribution in [0.25, 0.3) is 10.6 Å². The lowest BCUT2D eigenvalue weighted by atomic mass is 10.4. The van der Waals surface area contributed by atoms with Crippen LogP contribution in [-0.4, -0.2) is 12.1 Å². The van der Waals surface area contributed by atoms with Gasteiger partial charge in [0, 0.05) is 10.9 Å². The smallest absolute Gasteiger partial charge is 0.224 e. The maximum absolute atomic E-state index is 5.00. The fourth-order valence-electron chi connectivity index (χ4n) is 0.872. The second kappa shape index (κ2) is 3.25. The topological polar surface area (TPSA) is 22.1 Å². The Morgan fingerprint density at radius 2 is 2.33 bits per heavy atom. The highest BCUT2D eigenvalue weighted by Crippen LogP contribution is 2.28. The van der Waals surface area contributed by atoms with Crippen molar-refractivity contribution < 1.29 is 4.74 Å². The molecule has 0 amide bonds. The maximum Gasteiger partial charge on any atom is 0.224 e. The van der Waals surface area contributed by atoms with Crippen molar-refractivity contribution in [1.29, 1.82) is 0 Å². The minimum Gasteiger partial charge on any atom is -0.480 e. The second-order valence-corrected chi connectivity index (χ2v) is 3.85. The van der Waals surface area contributed by atoms with E-state index in [1.165, 1.54) is 5.56 Å². The van der Waals surface area contributed by atoms with Gasteiger partial charge in [0.25, 0.3) is 0 Å². The highest BCUT2D eigenvalue weighted by atomic mass is 32.1. The number of rotatable bonds is 2. The summed E-state index contributed by atoms with van der Waals surface area (Å²) in [5, 5.41) is 7.06.